The number of hydrogen-bond acceptors (Lipinski definition) is 2. The second-order valence-electron chi connectivity index (χ2n) is 5.71. The minimum absolute atomic E-state index is 0.0421. The number of carbonyl (C=O) groups excluding carboxylic acids is 1. The summed E-state index contributed by atoms with van der Waals surface area (Å²) in [4.78, 5) is 23.2. The van der Waals surface area contributed by atoms with E-state index in [-0.39, 0.29) is 23.7 Å². The van der Waals surface area contributed by atoms with E-state index in [0.717, 1.165) is 25.7 Å². The van der Waals surface area contributed by atoms with Gasteiger partial charge in [-0.15, -0.1) is 6.58 Å². The van der Waals surface area contributed by atoms with Gasteiger partial charge in [-0.25, -0.2) is 4.79 Å². The molecule has 0 bridgehead atoms. The fraction of sp³-hybridized carbons (Fsp3) is 0.714. The first-order chi connectivity index (χ1) is 8.38. The molecule has 0 saturated heterocycles. The second-order valence-corrected chi connectivity index (χ2v) is 5.71. The molecule has 1 fully saturated rings. The minimum Gasteiger partial charge on any atom is -0.480 e. The Morgan fingerprint density at radius 3 is 2.67 bits per heavy atom. The summed E-state index contributed by atoms with van der Waals surface area (Å²) in [6.07, 6.45) is 5.83. The predicted molar refractivity (Wildman–Crippen MR) is 70.1 cm³/mol. The highest BCUT2D eigenvalue weighted by Gasteiger charge is 2.38. The van der Waals surface area contributed by atoms with E-state index in [4.69, 9.17) is 5.11 Å². The summed E-state index contributed by atoms with van der Waals surface area (Å²) in [6.45, 7) is 7.68. The number of carboxylic acids is 1. The van der Waals surface area contributed by atoms with Gasteiger partial charge in [0.2, 0.25) is 5.91 Å². The molecule has 4 nitrogen and oxygen atoms in total. The molecule has 0 aliphatic heterocycles. The van der Waals surface area contributed by atoms with Crippen LogP contribution in [-0.2, 0) is 9.59 Å². The molecule has 1 amide bonds. The van der Waals surface area contributed by atoms with Crippen molar-refractivity contribution in [2.75, 3.05) is 0 Å². The average Bonchev–Trinajstić information content (AvgIpc) is 2.27. The molecule has 102 valence electrons. The molecule has 1 saturated carbocycles. The van der Waals surface area contributed by atoms with E-state index < -0.39 is 12.0 Å². The topological polar surface area (TPSA) is 66.4 Å². The maximum Gasteiger partial charge on any atom is 0.326 e. The molecule has 0 aromatic rings. The van der Waals surface area contributed by atoms with Gasteiger partial charge in [-0.05, 0) is 24.7 Å². The number of amides is 1. The van der Waals surface area contributed by atoms with Crippen molar-refractivity contribution in [3.05, 3.63) is 12.7 Å². The number of rotatable bonds is 5. The SMILES string of the molecule is C=CCC(NC(=O)C1CCCCC1(C)C)C(=O)O. The molecule has 0 aromatic carbocycles. The van der Waals surface area contributed by atoms with Gasteiger partial charge in [-0.1, -0.05) is 32.8 Å². The van der Waals surface area contributed by atoms with Crippen LogP contribution < -0.4 is 5.32 Å². The van der Waals surface area contributed by atoms with Gasteiger partial charge < -0.3 is 10.4 Å². The Morgan fingerprint density at radius 2 is 2.17 bits per heavy atom. The van der Waals surface area contributed by atoms with Crippen LogP contribution >= 0.6 is 0 Å². The maximum absolute atomic E-state index is 12.2. The van der Waals surface area contributed by atoms with E-state index in [9.17, 15) is 9.59 Å². The highest BCUT2D eigenvalue weighted by molar-refractivity contribution is 5.85. The van der Waals surface area contributed by atoms with Gasteiger partial charge in [0.25, 0.3) is 0 Å². The zero-order valence-corrected chi connectivity index (χ0v) is 11.2. The predicted octanol–water partition coefficient (Wildman–Crippen LogP) is 2.35. The van der Waals surface area contributed by atoms with Crippen molar-refractivity contribution in [2.45, 2.75) is 52.0 Å². The van der Waals surface area contributed by atoms with Gasteiger partial charge in [0, 0.05) is 5.92 Å². The Bertz CT molecular complexity index is 336. The van der Waals surface area contributed by atoms with Crippen molar-refractivity contribution in [3.8, 4) is 0 Å². The lowest BCUT2D eigenvalue weighted by atomic mass is 9.68. The molecule has 0 aromatic heterocycles. The standard InChI is InChI=1S/C14H23NO3/c1-4-7-11(13(17)18)15-12(16)10-8-5-6-9-14(10,2)3/h4,10-11H,1,5-9H2,2-3H3,(H,15,16)(H,17,18). The van der Waals surface area contributed by atoms with Crippen LogP contribution in [0.3, 0.4) is 0 Å². The molecule has 1 aliphatic rings. The van der Waals surface area contributed by atoms with Crippen LogP contribution in [0.15, 0.2) is 12.7 Å². The lowest BCUT2D eigenvalue weighted by molar-refractivity contribution is -0.143. The Labute approximate surface area is 108 Å². The van der Waals surface area contributed by atoms with E-state index in [2.05, 4.69) is 25.7 Å². The van der Waals surface area contributed by atoms with Gasteiger partial charge in [0.05, 0.1) is 0 Å². The average molecular weight is 253 g/mol. The Kier molecular flexibility index (Phi) is 4.93. The van der Waals surface area contributed by atoms with Crippen LogP contribution in [0, 0.1) is 11.3 Å². The third kappa shape index (κ3) is 3.59. The molecular formula is C14H23NO3. The van der Waals surface area contributed by atoms with Crippen LogP contribution in [0.4, 0.5) is 0 Å². The zero-order chi connectivity index (χ0) is 13.8. The first-order valence-corrected chi connectivity index (χ1v) is 6.52. The smallest absolute Gasteiger partial charge is 0.326 e. The Morgan fingerprint density at radius 1 is 1.50 bits per heavy atom. The quantitative estimate of drug-likeness (QED) is 0.739. The summed E-state index contributed by atoms with van der Waals surface area (Å²) in [5, 5.41) is 11.7. The Hall–Kier alpha value is -1.32. The summed E-state index contributed by atoms with van der Waals surface area (Å²) in [6, 6.07) is -0.854. The molecular weight excluding hydrogens is 230 g/mol. The molecule has 2 N–H and O–H groups in total. The van der Waals surface area contributed by atoms with E-state index >= 15 is 0 Å². The van der Waals surface area contributed by atoms with Gasteiger partial charge in [-0.3, -0.25) is 4.79 Å². The second kappa shape index (κ2) is 6.03. The third-order valence-electron chi connectivity index (χ3n) is 3.84. The first kappa shape index (κ1) is 14.7. The largest absolute Gasteiger partial charge is 0.480 e. The highest BCUT2D eigenvalue weighted by atomic mass is 16.4. The van der Waals surface area contributed by atoms with Gasteiger partial charge >= 0.3 is 5.97 Å². The number of nitrogens with one attached hydrogen (secondary N) is 1. The van der Waals surface area contributed by atoms with Crippen molar-refractivity contribution in [3.63, 3.8) is 0 Å². The monoisotopic (exact) mass is 253 g/mol. The number of hydrogen-bond donors (Lipinski definition) is 2. The lowest BCUT2D eigenvalue weighted by Crippen LogP contribution is -2.47. The van der Waals surface area contributed by atoms with Gasteiger partial charge in [0.15, 0.2) is 0 Å². The summed E-state index contributed by atoms with van der Waals surface area (Å²) in [7, 11) is 0. The van der Waals surface area contributed by atoms with Crippen molar-refractivity contribution in [1.29, 1.82) is 0 Å². The fourth-order valence-corrected chi connectivity index (χ4v) is 2.64. The van der Waals surface area contributed by atoms with Crippen LogP contribution in [-0.4, -0.2) is 23.0 Å². The van der Waals surface area contributed by atoms with Crippen LogP contribution in [0.25, 0.3) is 0 Å². The van der Waals surface area contributed by atoms with Crippen molar-refractivity contribution < 1.29 is 14.7 Å². The number of carboxylic acid groups (broad SMARTS) is 1. The van der Waals surface area contributed by atoms with Crippen molar-refractivity contribution >= 4 is 11.9 Å². The van der Waals surface area contributed by atoms with Gasteiger partial charge in [-0.2, -0.15) is 0 Å². The lowest BCUT2D eigenvalue weighted by Gasteiger charge is -2.37. The molecule has 1 aliphatic carbocycles. The number of aliphatic carboxylic acids is 1. The highest BCUT2D eigenvalue weighted by Crippen LogP contribution is 2.40. The summed E-state index contributed by atoms with van der Waals surface area (Å²) in [5.41, 5.74) is -0.0421. The Balaban J connectivity index is 2.68. The van der Waals surface area contributed by atoms with E-state index in [1.165, 1.54) is 6.08 Å². The van der Waals surface area contributed by atoms with Crippen LogP contribution in [0.1, 0.15) is 46.0 Å². The zero-order valence-electron chi connectivity index (χ0n) is 11.2. The minimum atomic E-state index is -1.00. The molecule has 4 heteroatoms. The first-order valence-electron chi connectivity index (χ1n) is 6.52. The van der Waals surface area contributed by atoms with Gasteiger partial charge in [0.1, 0.15) is 6.04 Å². The summed E-state index contributed by atoms with van der Waals surface area (Å²) in [5.74, 6) is -1.22. The molecule has 2 atom stereocenters. The third-order valence-corrected chi connectivity index (χ3v) is 3.84. The van der Waals surface area contributed by atoms with Crippen molar-refractivity contribution in [2.24, 2.45) is 11.3 Å². The van der Waals surface area contributed by atoms with Crippen LogP contribution in [0.5, 0.6) is 0 Å². The van der Waals surface area contributed by atoms with Crippen molar-refractivity contribution in [1.82, 2.24) is 5.32 Å². The van der Waals surface area contributed by atoms with E-state index in [1.807, 2.05) is 0 Å². The summed E-state index contributed by atoms with van der Waals surface area (Å²) < 4.78 is 0. The van der Waals surface area contributed by atoms with E-state index in [0.29, 0.717) is 0 Å². The summed E-state index contributed by atoms with van der Waals surface area (Å²) >= 11 is 0. The molecule has 0 spiro atoms. The normalized spacial score (nSPS) is 24.0. The van der Waals surface area contributed by atoms with Crippen LogP contribution in [0.2, 0.25) is 0 Å². The maximum atomic E-state index is 12.2. The number of carbonyl (C=O) groups is 2. The molecule has 1 rings (SSSR count). The fourth-order valence-electron chi connectivity index (χ4n) is 2.64. The molecule has 0 heterocycles. The molecule has 0 radical (unpaired) electrons. The molecule has 2 unspecified atom stereocenters. The van der Waals surface area contributed by atoms with E-state index in [1.54, 1.807) is 0 Å². The molecule has 18 heavy (non-hydrogen) atoms.